The summed E-state index contributed by atoms with van der Waals surface area (Å²) < 4.78 is 0. The van der Waals surface area contributed by atoms with Crippen molar-refractivity contribution >= 4 is 51.8 Å². The fourth-order valence-corrected chi connectivity index (χ4v) is 9.52. The molecule has 0 aliphatic heterocycles. The normalized spacial score (nSPS) is 11.8. The van der Waals surface area contributed by atoms with Gasteiger partial charge < -0.3 is 0 Å². The van der Waals surface area contributed by atoms with Crippen molar-refractivity contribution in [3.05, 3.63) is 173 Å². The lowest BCUT2D eigenvalue weighted by Gasteiger charge is -2.31. The molecular weight excluding hydrogens is 915 g/mol. The van der Waals surface area contributed by atoms with Crippen molar-refractivity contribution in [1.82, 2.24) is 19.9 Å². The third-order valence-corrected chi connectivity index (χ3v) is 14.2. The molecule has 7 nitrogen and oxygen atoms in total. The first-order valence-corrected chi connectivity index (χ1v) is 28.6. The van der Waals surface area contributed by atoms with Crippen LogP contribution in [0, 0.1) is 35.5 Å². The third-order valence-electron chi connectivity index (χ3n) is 14.2. The van der Waals surface area contributed by atoms with Crippen LogP contribution in [-0.4, -0.2) is 19.9 Å². The zero-order valence-corrected chi connectivity index (χ0v) is 47.9. The first-order valence-electron chi connectivity index (χ1n) is 28.6. The van der Waals surface area contributed by atoms with E-state index in [4.69, 9.17) is 19.9 Å². The smallest absolute Gasteiger partial charge is 0.143 e. The van der Waals surface area contributed by atoms with E-state index in [1.54, 1.807) is 0 Å². The number of hydrogen-bond acceptors (Lipinski definition) is 7. The lowest BCUT2D eigenvalue weighted by Crippen LogP contribution is -2.20. The number of nitrogens with zero attached hydrogens (tertiary/aromatic N) is 7. The molecule has 7 heteroatoms. The molecule has 0 spiro atoms. The van der Waals surface area contributed by atoms with Crippen molar-refractivity contribution in [3.8, 4) is 0 Å². The molecule has 4 heterocycles. The minimum Gasteiger partial charge on any atom is -0.295 e. The molecule has 4 aromatic heterocycles. The predicted octanol–water partition coefficient (Wildman–Crippen LogP) is 19.2. The summed E-state index contributed by atoms with van der Waals surface area (Å²) in [4.78, 5) is 28.5. The lowest BCUT2D eigenvalue weighted by molar-refractivity contribution is 0.586. The van der Waals surface area contributed by atoms with Crippen LogP contribution in [0.4, 0.5) is 51.8 Å². The summed E-state index contributed by atoms with van der Waals surface area (Å²) in [5, 5.41) is 0. The second-order valence-electron chi connectivity index (χ2n) is 23.7. The molecule has 0 aliphatic rings. The molecule has 7 aromatic rings. The van der Waals surface area contributed by atoms with Crippen molar-refractivity contribution in [2.75, 3.05) is 14.7 Å². The molecule has 0 saturated heterocycles. The number of aromatic nitrogens is 4. The zero-order chi connectivity index (χ0) is 53.4. The van der Waals surface area contributed by atoms with Crippen LogP contribution < -0.4 is 14.7 Å². The van der Waals surface area contributed by atoms with Crippen LogP contribution in [0.2, 0.25) is 0 Å². The van der Waals surface area contributed by atoms with Crippen LogP contribution in [0.1, 0.15) is 155 Å². The summed E-state index contributed by atoms with van der Waals surface area (Å²) >= 11 is 0. The molecule has 0 aliphatic carbocycles. The highest BCUT2D eigenvalue weighted by molar-refractivity contribution is 5.85. The van der Waals surface area contributed by atoms with E-state index in [-0.39, 0.29) is 0 Å². The summed E-state index contributed by atoms with van der Waals surface area (Å²) in [6, 6.07) is 45.1. The van der Waals surface area contributed by atoms with Crippen molar-refractivity contribution in [3.63, 3.8) is 0 Å². The van der Waals surface area contributed by atoms with Gasteiger partial charge in [-0.3, -0.25) is 14.7 Å². The first-order chi connectivity index (χ1) is 36.1. The maximum absolute atomic E-state index is 5.88. The Bertz CT molecular complexity index is 2370. The molecule has 0 unspecified atom stereocenters. The van der Waals surface area contributed by atoms with E-state index >= 15 is 0 Å². The molecular formula is C68H89N7. The molecule has 0 bridgehead atoms. The Morgan fingerprint density at radius 3 is 0.840 bits per heavy atom. The SMILES string of the molecule is CC(C)CCc1cccc(N(c2cc(N(c3cccc(CCC(C)C)c3)c3cc(CCC(C)C)ccn3)nc(N(c3cccc(CCC(C)C)c3)c3cc(CCC(C)C)ccn3)c2)c2cc(CCC(C)C)ccn2)c1. The summed E-state index contributed by atoms with van der Waals surface area (Å²) in [6.07, 6.45) is 18.4. The summed E-state index contributed by atoms with van der Waals surface area (Å²) in [7, 11) is 0. The average Bonchev–Trinajstić information content (AvgIpc) is 3.39. The highest BCUT2D eigenvalue weighted by Crippen LogP contribution is 2.44. The number of pyridine rings is 4. The topological polar surface area (TPSA) is 61.3 Å². The highest BCUT2D eigenvalue weighted by atomic mass is 15.3. The van der Waals surface area contributed by atoms with Crippen molar-refractivity contribution in [2.45, 2.75) is 160 Å². The molecule has 3 aromatic carbocycles. The van der Waals surface area contributed by atoms with Crippen LogP contribution in [0.15, 0.2) is 140 Å². The van der Waals surface area contributed by atoms with Gasteiger partial charge in [0, 0.05) is 47.8 Å². The largest absolute Gasteiger partial charge is 0.295 e. The minimum atomic E-state index is 0.580. The Morgan fingerprint density at radius 1 is 0.280 bits per heavy atom. The fourth-order valence-electron chi connectivity index (χ4n) is 9.52. The maximum atomic E-state index is 5.88. The molecule has 0 N–H and O–H groups in total. The van der Waals surface area contributed by atoms with Crippen LogP contribution in [-0.2, 0) is 38.5 Å². The lowest BCUT2D eigenvalue weighted by atomic mass is 10.0. The number of anilines is 9. The second-order valence-corrected chi connectivity index (χ2v) is 23.7. The van der Waals surface area contributed by atoms with Crippen molar-refractivity contribution < 1.29 is 0 Å². The van der Waals surface area contributed by atoms with Gasteiger partial charge in [-0.2, -0.15) is 0 Å². The van der Waals surface area contributed by atoms with Crippen LogP contribution in [0.5, 0.6) is 0 Å². The van der Waals surface area contributed by atoms with E-state index in [0.29, 0.717) is 35.5 Å². The molecule has 396 valence electrons. The summed E-state index contributed by atoms with van der Waals surface area (Å²) in [5.41, 5.74) is 11.7. The van der Waals surface area contributed by atoms with E-state index in [2.05, 4.69) is 219 Å². The standard InChI is InChI=1S/C68H89N7/c1-48(2)22-28-54-16-13-19-60(40-54)73(64-43-57(34-37-69-64)31-25-51(7)8)63-46-67(74(61-20-14-17-55(41-61)29-23-49(3)4)65-44-58(35-38-70-65)32-26-52(9)10)72-68(47-63)75(62-21-15-18-56(42-62)30-24-50(5)6)66-45-59(36-39-71-66)33-27-53(11)12/h13-21,34-53H,22-33H2,1-12H3. The monoisotopic (exact) mass is 1000 g/mol. The highest BCUT2D eigenvalue weighted by Gasteiger charge is 2.26. The molecule has 0 saturated carbocycles. The van der Waals surface area contributed by atoms with Gasteiger partial charge in [0.05, 0.1) is 5.69 Å². The second kappa shape index (κ2) is 27.4. The van der Waals surface area contributed by atoms with Crippen molar-refractivity contribution in [1.29, 1.82) is 0 Å². The molecule has 0 radical (unpaired) electrons. The van der Waals surface area contributed by atoms with E-state index in [1.807, 2.05) is 18.6 Å². The summed E-state index contributed by atoms with van der Waals surface area (Å²) in [6.45, 7) is 27.7. The number of aryl methyl sites for hydroxylation is 6. The van der Waals surface area contributed by atoms with Gasteiger partial charge in [-0.05, 0) is 219 Å². The quantitative estimate of drug-likeness (QED) is 0.0509. The van der Waals surface area contributed by atoms with E-state index in [1.165, 1.54) is 33.4 Å². The van der Waals surface area contributed by atoms with Gasteiger partial charge in [0.2, 0.25) is 0 Å². The van der Waals surface area contributed by atoms with Gasteiger partial charge >= 0.3 is 0 Å². The number of hydrogen-bond donors (Lipinski definition) is 0. The Balaban J connectivity index is 1.57. The number of benzene rings is 3. The Labute approximate surface area is 453 Å². The van der Waals surface area contributed by atoms with Gasteiger partial charge in [-0.15, -0.1) is 0 Å². The third kappa shape index (κ3) is 16.8. The van der Waals surface area contributed by atoms with E-state index in [0.717, 1.165) is 129 Å². The Hall–Kier alpha value is -6.34. The van der Waals surface area contributed by atoms with Crippen molar-refractivity contribution in [2.24, 2.45) is 35.5 Å². The van der Waals surface area contributed by atoms with Gasteiger partial charge in [-0.25, -0.2) is 19.9 Å². The van der Waals surface area contributed by atoms with E-state index < -0.39 is 0 Å². The van der Waals surface area contributed by atoms with Gasteiger partial charge in [-0.1, -0.05) is 119 Å². The first kappa shape index (κ1) is 56.4. The van der Waals surface area contributed by atoms with Gasteiger partial charge in [0.25, 0.3) is 0 Å². The average molecular weight is 1000 g/mol. The van der Waals surface area contributed by atoms with Crippen LogP contribution in [0.25, 0.3) is 0 Å². The van der Waals surface area contributed by atoms with Gasteiger partial charge in [0.15, 0.2) is 0 Å². The molecule has 0 atom stereocenters. The fraction of sp³-hybridized carbons (Fsp3) is 0.441. The zero-order valence-electron chi connectivity index (χ0n) is 47.9. The van der Waals surface area contributed by atoms with Crippen LogP contribution >= 0.6 is 0 Å². The predicted molar refractivity (Wildman–Crippen MR) is 321 cm³/mol. The number of rotatable bonds is 27. The molecule has 0 amide bonds. The summed E-state index contributed by atoms with van der Waals surface area (Å²) in [5.74, 6) is 7.56. The minimum absolute atomic E-state index is 0.580. The maximum Gasteiger partial charge on any atom is 0.143 e. The van der Waals surface area contributed by atoms with Gasteiger partial charge in [0.1, 0.15) is 29.1 Å². The van der Waals surface area contributed by atoms with Crippen LogP contribution in [0.3, 0.4) is 0 Å². The Morgan fingerprint density at radius 2 is 0.547 bits per heavy atom. The Kier molecular flexibility index (Phi) is 20.6. The molecule has 75 heavy (non-hydrogen) atoms. The molecule has 0 fully saturated rings. The van der Waals surface area contributed by atoms with E-state index in [9.17, 15) is 0 Å². The molecule has 7 rings (SSSR count).